The zero-order valence-corrected chi connectivity index (χ0v) is 10.8. The van der Waals surface area contributed by atoms with Crippen LogP contribution in [-0.2, 0) is 0 Å². The number of anilines is 1. The summed E-state index contributed by atoms with van der Waals surface area (Å²) in [7, 11) is 1.58. The molecule has 0 aliphatic carbocycles. The maximum atomic E-state index is 6.01. The minimum atomic E-state index is 0.452. The Morgan fingerprint density at radius 2 is 1.94 bits per heavy atom. The molecule has 0 atom stereocenters. The summed E-state index contributed by atoms with van der Waals surface area (Å²) >= 11 is 0. The van der Waals surface area contributed by atoms with Crippen molar-refractivity contribution in [3.05, 3.63) is 36.2 Å². The minimum Gasteiger partial charge on any atom is -0.481 e. The molecule has 0 spiro atoms. The molecule has 2 rings (SSSR count). The predicted octanol–water partition coefficient (Wildman–Crippen LogP) is 2.86. The lowest BCUT2D eigenvalue weighted by Gasteiger charge is -2.11. The van der Waals surface area contributed by atoms with Gasteiger partial charge >= 0.3 is 0 Å². The van der Waals surface area contributed by atoms with Gasteiger partial charge in [-0.15, -0.1) is 0 Å². The fraction of sp³-hybridized carbons (Fsp3) is 0.286. The van der Waals surface area contributed by atoms with E-state index in [4.69, 9.17) is 10.5 Å². The van der Waals surface area contributed by atoms with Gasteiger partial charge in [0.2, 0.25) is 5.88 Å². The van der Waals surface area contributed by atoms with Crippen LogP contribution in [0.5, 0.6) is 5.88 Å². The second kappa shape index (κ2) is 5.04. The van der Waals surface area contributed by atoms with Gasteiger partial charge in [0, 0.05) is 17.3 Å². The van der Waals surface area contributed by atoms with Crippen LogP contribution >= 0.6 is 0 Å². The molecular weight excluding hydrogens is 226 g/mol. The number of nitrogen functional groups attached to an aromatic ring is 1. The van der Waals surface area contributed by atoms with Gasteiger partial charge in [0.05, 0.1) is 12.8 Å². The molecular formula is C14H17N3O. The second-order valence-corrected chi connectivity index (χ2v) is 4.45. The van der Waals surface area contributed by atoms with E-state index in [-0.39, 0.29) is 0 Å². The molecule has 94 valence electrons. The fourth-order valence-electron chi connectivity index (χ4n) is 1.75. The number of methoxy groups -OCH3 is 1. The van der Waals surface area contributed by atoms with E-state index in [1.54, 1.807) is 13.2 Å². The molecule has 2 N–H and O–H groups in total. The van der Waals surface area contributed by atoms with Gasteiger partial charge in [-0.25, -0.2) is 9.97 Å². The van der Waals surface area contributed by atoms with Gasteiger partial charge in [0.25, 0.3) is 0 Å². The molecule has 2 aromatic rings. The van der Waals surface area contributed by atoms with Crippen LogP contribution < -0.4 is 10.5 Å². The number of hydrogen-bond acceptors (Lipinski definition) is 4. The van der Waals surface area contributed by atoms with Gasteiger partial charge in [-0.3, -0.25) is 0 Å². The lowest BCUT2D eigenvalue weighted by Crippen LogP contribution is -1.97. The summed E-state index contributed by atoms with van der Waals surface area (Å²) in [6, 6.07) is 7.82. The van der Waals surface area contributed by atoms with E-state index in [1.165, 1.54) is 11.9 Å². The van der Waals surface area contributed by atoms with Crippen molar-refractivity contribution >= 4 is 5.69 Å². The van der Waals surface area contributed by atoms with Gasteiger partial charge < -0.3 is 10.5 Å². The van der Waals surface area contributed by atoms with Gasteiger partial charge in [0.1, 0.15) is 6.33 Å². The first-order valence-electron chi connectivity index (χ1n) is 5.87. The van der Waals surface area contributed by atoms with Crippen LogP contribution in [0.4, 0.5) is 5.69 Å². The van der Waals surface area contributed by atoms with Gasteiger partial charge in [-0.1, -0.05) is 19.9 Å². The van der Waals surface area contributed by atoms with E-state index in [9.17, 15) is 0 Å². The average Bonchev–Trinajstić information content (AvgIpc) is 2.39. The van der Waals surface area contributed by atoms with Crippen molar-refractivity contribution in [3.63, 3.8) is 0 Å². The van der Waals surface area contributed by atoms with E-state index in [2.05, 4.69) is 29.9 Å². The normalized spacial score (nSPS) is 10.7. The zero-order valence-electron chi connectivity index (χ0n) is 10.8. The Morgan fingerprint density at radius 3 is 2.61 bits per heavy atom. The molecule has 1 aromatic heterocycles. The molecule has 0 aliphatic rings. The maximum absolute atomic E-state index is 6.01. The molecule has 4 heteroatoms. The second-order valence-electron chi connectivity index (χ2n) is 4.45. The Morgan fingerprint density at radius 1 is 1.17 bits per heavy atom. The van der Waals surface area contributed by atoms with Crippen molar-refractivity contribution in [2.45, 2.75) is 19.8 Å². The van der Waals surface area contributed by atoms with Crippen molar-refractivity contribution < 1.29 is 4.74 Å². The molecule has 0 aliphatic heterocycles. The number of rotatable bonds is 3. The van der Waals surface area contributed by atoms with Crippen LogP contribution in [0.25, 0.3) is 11.3 Å². The van der Waals surface area contributed by atoms with Crippen LogP contribution in [0, 0.1) is 0 Å². The minimum absolute atomic E-state index is 0.452. The molecule has 1 aromatic carbocycles. The molecule has 0 saturated carbocycles. The SMILES string of the molecule is COc1cc(-c2cc(C(C)C)ccc2N)ncn1. The topological polar surface area (TPSA) is 61.0 Å². The van der Waals surface area contributed by atoms with Crippen molar-refractivity contribution in [1.29, 1.82) is 0 Å². The molecule has 0 bridgehead atoms. The smallest absolute Gasteiger partial charge is 0.216 e. The first-order valence-corrected chi connectivity index (χ1v) is 5.87. The first-order chi connectivity index (χ1) is 8.61. The number of nitrogens with zero attached hydrogens (tertiary/aromatic N) is 2. The predicted molar refractivity (Wildman–Crippen MR) is 72.5 cm³/mol. The summed E-state index contributed by atoms with van der Waals surface area (Å²) < 4.78 is 5.10. The Hall–Kier alpha value is -2.10. The third-order valence-corrected chi connectivity index (χ3v) is 2.87. The molecule has 4 nitrogen and oxygen atoms in total. The third-order valence-electron chi connectivity index (χ3n) is 2.87. The molecule has 1 heterocycles. The fourth-order valence-corrected chi connectivity index (χ4v) is 1.75. The molecule has 0 saturated heterocycles. The highest BCUT2D eigenvalue weighted by Crippen LogP contribution is 2.29. The summed E-state index contributed by atoms with van der Waals surface area (Å²) in [5.74, 6) is 0.988. The van der Waals surface area contributed by atoms with Gasteiger partial charge in [-0.2, -0.15) is 0 Å². The quantitative estimate of drug-likeness (QED) is 0.842. The van der Waals surface area contributed by atoms with E-state index in [0.717, 1.165) is 11.3 Å². The molecule has 0 unspecified atom stereocenters. The van der Waals surface area contributed by atoms with Crippen LogP contribution in [0.1, 0.15) is 25.3 Å². The molecule has 18 heavy (non-hydrogen) atoms. The largest absolute Gasteiger partial charge is 0.481 e. The highest BCUT2D eigenvalue weighted by Gasteiger charge is 2.08. The highest BCUT2D eigenvalue weighted by molar-refractivity contribution is 5.74. The lowest BCUT2D eigenvalue weighted by molar-refractivity contribution is 0.397. The summed E-state index contributed by atoms with van der Waals surface area (Å²) in [5.41, 5.74) is 9.65. The van der Waals surface area contributed by atoms with E-state index in [1.807, 2.05) is 12.1 Å². The summed E-state index contributed by atoms with van der Waals surface area (Å²) in [5, 5.41) is 0. The number of benzene rings is 1. The summed E-state index contributed by atoms with van der Waals surface area (Å²) in [6.45, 7) is 4.30. The van der Waals surface area contributed by atoms with Crippen LogP contribution in [0.15, 0.2) is 30.6 Å². The molecule has 0 amide bonds. The van der Waals surface area contributed by atoms with Crippen molar-refractivity contribution in [3.8, 4) is 17.1 Å². The number of nitrogens with two attached hydrogens (primary N) is 1. The van der Waals surface area contributed by atoms with Crippen molar-refractivity contribution in [1.82, 2.24) is 9.97 Å². The summed E-state index contributed by atoms with van der Waals surface area (Å²) in [4.78, 5) is 8.24. The van der Waals surface area contributed by atoms with Crippen LogP contribution in [-0.4, -0.2) is 17.1 Å². The Balaban J connectivity index is 2.51. The Kier molecular flexibility index (Phi) is 3.46. The number of hydrogen-bond donors (Lipinski definition) is 1. The number of aromatic nitrogens is 2. The highest BCUT2D eigenvalue weighted by atomic mass is 16.5. The molecule has 0 fully saturated rings. The van der Waals surface area contributed by atoms with E-state index >= 15 is 0 Å². The monoisotopic (exact) mass is 243 g/mol. The Bertz CT molecular complexity index is 552. The average molecular weight is 243 g/mol. The van der Waals surface area contributed by atoms with Crippen LogP contribution in [0.2, 0.25) is 0 Å². The molecule has 0 radical (unpaired) electrons. The maximum Gasteiger partial charge on any atom is 0.216 e. The van der Waals surface area contributed by atoms with Crippen molar-refractivity contribution in [2.75, 3.05) is 12.8 Å². The Labute approximate surface area is 107 Å². The number of ether oxygens (including phenoxy) is 1. The third kappa shape index (κ3) is 2.42. The summed E-state index contributed by atoms with van der Waals surface area (Å²) in [6.07, 6.45) is 1.48. The van der Waals surface area contributed by atoms with Crippen molar-refractivity contribution in [2.24, 2.45) is 0 Å². The first kappa shape index (κ1) is 12.4. The van der Waals surface area contributed by atoms with E-state index in [0.29, 0.717) is 17.5 Å². The van der Waals surface area contributed by atoms with Crippen LogP contribution in [0.3, 0.4) is 0 Å². The van der Waals surface area contributed by atoms with Gasteiger partial charge in [0.15, 0.2) is 0 Å². The standard InChI is InChI=1S/C14H17N3O/c1-9(2)10-4-5-12(15)11(6-10)13-7-14(18-3)17-8-16-13/h4-9H,15H2,1-3H3. The zero-order chi connectivity index (χ0) is 13.1. The van der Waals surface area contributed by atoms with E-state index < -0.39 is 0 Å². The van der Waals surface area contributed by atoms with Gasteiger partial charge in [-0.05, 0) is 23.6 Å². The lowest BCUT2D eigenvalue weighted by atomic mass is 9.98.